The van der Waals surface area contributed by atoms with Crippen LogP contribution in [0, 0.1) is 5.92 Å². The summed E-state index contributed by atoms with van der Waals surface area (Å²) in [7, 11) is 1.48. The minimum atomic E-state index is -0.0352. The van der Waals surface area contributed by atoms with E-state index < -0.39 is 0 Å². The highest BCUT2D eigenvalue weighted by atomic mass is 16.5. The molecule has 0 aliphatic heterocycles. The van der Waals surface area contributed by atoms with E-state index in [-0.39, 0.29) is 17.6 Å². The summed E-state index contributed by atoms with van der Waals surface area (Å²) in [5.41, 5.74) is 3.22. The van der Waals surface area contributed by atoms with E-state index >= 15 is 0 Å². The van der Waals surface area contributed by atoms with E-state index in [1.54, 1.807) is 12.1 Å². The molecule has 2 N–H and O–H groups in total. The zero-order valence-corrected chi connectivity index (χ0v) is 9.51. The highest BCUT2D eigenvalue weighted by Gasteiger charge is 2.29. The van der Waals surface area contributed by atoms with Crippen molar-refractivity contribution in [1.82, 2.24) is 5.43 Å². The summed E-state index contributed by atoms with van der Waals surface area (Å²) in [4.78, 5) is 11.3. The van der Waals surface area contributed by atoms with Crippen LogP contribution in [0.3, 0.4) is 0 Å². The van der Waals surface area contributed by atoms with E-state index in [0.717, 1.165) is 18.4 Å². The zero-order valence-electron chi connectivity index (χ0n) is 9.51. The van der Waals surface area contributed by atoms with Crippen LogP contribution < -0.4 is 10.2 Å². The summed E-state index contributed by atoms with van der Waals surface area (Å²) >= 11 is 0. The molecule has 0 radical (unpaired) electrons. The Morgan fingerprint density at radius 3 is 3.00 bits per heavy atom. The van der Waals surface area contributed by atoms with Crippen LogP contribution in [0.4, 0.5) is 0 Å². The van der Waals surface area contributed by atoms with Gasteiger partial charge in [0, 0.05) is 5.92 Å². The summed E-state index contributed by atoms with van der Waals surface area (Å²) in [6, 6.07) is 4.84. The molecule has 1 amide bonds. The Bertz CT molecular complexity index is 453. The van der Waals surface area contributed by atoms with Gasteiger partial charge in [-0.25, -0.2) is 5.43 Å². The molecule has 0 aromatic heterocycles. The fourth-order valence-corrected chi connectivity index (χ4v) is 1.38. The van der Waals surface area contributed by atoms with Crippen molar-refractivity contribution in [2.24, 2.45) is 11.0 Å². The molecule has 1 aromatic carbocycles. The van der Waals surface area contributed by atoms with E-state index in [1.807, 2.05) is 0 Å². The molecule has 0 atom stereocenters. The molecule has 1 saturated carbocycles. The van der Waals surface area contributed by atoms with Crippen molar-refractivity contribution in [1.29, 1.82) is 0 Å². The standard InChI is InChI=1S/C12H14N2O3/c1-17-11-6-8(2-5-10(11)15)7-13-14-12(16)9-3-4-9/h2,5-7,9,15H,3-4H2,1H3,(H,14,16)/b13-7-. The van der Waals surface area contributed by atoms with Crippen molar-refractivity contribution in [3.05, 3.63) is 23.8 Å². The molecule has 1 fully saturated rings. The number of hydrogen-bond acceptors (Lipinski definition) is 4. The van der Waals surface area contributed by atoms with Gasteiger partial charge in [0.15, 0.2) is 11.5 Å². The lowest BCUT2D eigenvalue weighted by Crippen LogP contribution is -2.18. The Hall–Kier alpha value is -2.04. The molecule has 0 saturated heterocycles. The van der Waals surface area contributed by atoms with Crippen molar-refractivity contribution < 1.29 is 14.6 Å². The van der Waals surface area contributed by atoms with Gasteiger partial charge < -0.3 is 9.84 Å². The number of hydrazone groups is 1. The number of methoxy groups -OCH3 is 1. The number of nitrogens with zero attached hydrogens (tertiary/aromatic N) is 1. The lowest BCUT2D eigenvalue weighted by atomic mass is 10.2. The number of amides is 1. The molecule has 1 aliphatic carbocycles. The normalized spacial score (nSPS) is 14.9. The molecule has 0 spiro atoms. The van der Waals surface area contributed by atoms with Gasteiger partial charge >= 0.3 is 0 Å². The average Bonchev–Trinajstić information content (AvgIpc) is 3.15. The predicted octanol–water partition coefficient (Wildman–Crippen LogP) is 1.26. The molecule has 17 heavy (non-hydrogen) atoms. The Labute approximate surface area is 99.1 Å². The second-order valence-electron chi connectivity index (χ2n) is 3.94. The first-order valence-electron chi connectivity index (χ1n) is 5.40. The van der Waals surface area contributed by atoms with Crippen LogP contribution in [0.25, 0.3) is 0 Å². The van der Waals surface area contributed by atoms with Crippen molar-refractivity contribution >= 4 is 12.1 Å². The SMILES string of the molecule is COc1cc(/C=N\NC(=O)C2CC2)ccc1O. The summed E-state index contributed by atoms with van der Waals surface area (Å²) < 4.78 is 4.96. The highest BCUT2D eigenvalue weighted by Crippen LogP contribution is 2.28. The first-order chi connectivity index (χ1) is 8.20. The second kappa shape index (κ2) is 4.86. The Kier molecular flexibility index (Phi) is 3.27. The van der Waals surface area contributed by atoms with E-state index in [1.165, 1.54) is 19.4 Å². The summed E-state index contributed by atoms with van der Waals surface area (Å²) in [6.45, 7) is 0. The minimum absolute atomic E-state index is 0.0352. The number of nitrogens with one attached hydrogen (secondary N) is 1. The Morgan fingerprint density at radius 2 is 2.35 bits per heavy atom. The van der Waals surface area contributed by atoms with Crippen LogP contribution in [0.2, 0.25) is 0 Å². The van der Waals surface area contributed by atoms with E-state index in [0.29, 0.717) is 5.75 Å². The Morgan fingerprint density at radius 1 is 1.59 bits per heavy atom. The molecule has 0 bridgehead atoms. The summed E-state index contributed by atoms with van der Waals surface area (Å²) in [6.07, 6.45) is 3.42. The largest absolute Gasteiger partial charge is 0.504 e. The van der Waals surface area contributed by atoms with Crippen molar-refractivity contribution in [2.75, 3.05) is 7.11 Å². The number of phenolic OH excluding ortho intramolecular Hbond substituents is 1. The third kappa shape index (κ3) is 2.96. The van der Waals surface area contributed by atoms with Gasteiger partial charge in [0.2, 0.25) is 5.91 Å². The third-order valence-corrected chi connectivity index (χ3v) is 2.54. The summed E-state index contributed by atoms with van der Waals surface area (Å²) in [5.74, 6) is 0.558. The van der Waals surface area contributed by atoms with Crippen LogP contribution in [0.1, 0.15) is 18.4 Å². The molecular formula is C12H14N2O3. The predicted molar refractivity (Wildman–Crippen MR) is 63.1 cm³/mol. The van der Waals surface area contributed by atoms with Gasteiger partial charge in [-0.2, -0.15) is 5.10 Å². The molecule has 1 aliphatic rings. The number of benzene rings is 1. The number of phenols is 1. The number of aromatic hydroxyl groups is 1. The molecular weight excluding hydrogens is 220 g/mol. The molecule has 2 rings (SSSR count). The topological polar surface area (TPSA) is 70.9 Å². The number of carbonyl (C=O) groups excluding carboxylic acids is 1. The van der Waals surface area contributed by atoms with Crippen molar-refractivity contribution in [3.63, 3.8) is 0 Å². The minimum Gasteiger partial charge on any atom is -0.504 e. The third-order valence-electron chi connectivity index (χ3n) is 2.54. The lowest BCUT2D eigenvalue weighted by Gasteiger charge is -2.03. The molecule has 5 nitrogen and oxygen atoms in total. The van der Waals surface area contributed by atoms with Gasteiger partial charge in [-0.1, -0.05) is 0 Å². The summed E-state index contributed by atoms with van der Waals surface area (Å²) in [5, 5.41) is 13.2. The molecule has 0 unspecified atom stereocenters. The van der Waals surface area contributed by atoms with Gasteiger partial charge in [-0.05, 0) is 36.6 Å². The van der Waals surface area contributed by atoms with Crippen molar-refractivity contribution in [3.8, 4) is 11.5 Å². The van der Waals surface area contributed by atoms with Crippen LogP contribution in [0.15, 0.2) is 23.3 Å². The van der Waals surface area contributed by atoms with Crippen molar-refractivity contribution in [2.45, 2.75) is 12.8 Å². The van der Waals surface area contributed by atoms with Crippen LogP contribution in [0.5, 0.6) is 11.5 Å². The average molecular weight is 234 g/mol. The zero-order chi connectivity index (χ0) is 12.3. The van der Waals surface area contributed by atoms with Gasteiger partial charge in [-0.15, -0.1) is 0 Å². The molecule has 0 heterocycles. The van der Waals surface area contributed by atoms with Gasteiger partial charge in [0.25, 0.3) is 0 Å². The van der Waals surface area contributed by atoms with E-state index in [2.05, 4.69) is 10.5 Å². The van der Waals surface area contributed by atoms with Gasteiger partial charge in [-0.3, -0.25) is 4.79 Å². The smallest absolute Gasteiger partial charge is 0.243 e. The molecule has 5 heteroatoms. The quantitative estimate of drug-likeness (QED) is 0.608. The maximum Gasteiger partial charge on any atom is 0.243 e. The van der Waals surface area contributed by atoms with Crippen LogP contribution in [-0.2, 0) is 4.79 Å². The maximum atomic E-state index is 11.3. The number of rotatable bonds is 4. The first kappa shape index (κ1) is 11.4. The monoisotopic (exact) mass is 234 g/mol. The number of carbonyl (C=O) groups is 1. The van der Waals surface area contributed by atoms with E-state index in [9.17, 15) is 9.90 Å². The number of ether oxygens (including phenoxy) is 1. The Balaban J connectivity index is 1.97. The fourth-order valence-electron chi connectivity index (χ4n) is 1.38. The lowest BCUT2D eigenvalue weighted by molar-refractivity contribution is -0.122. The van der Waals surface area contributed by atoms with Gasteiger partial charge in [0.1, 0.15) is 0 Å². The molecule has 90 valence electrons. The van der Waals surface area contributed by atoms with Gasteiger partial charge in [0.05, 0.1) is 13.3 Å². The highest BCUT2D eigenvalue weighted by molar-refractivity contribution is 5.84. The second-order valence-corrected chi connectivity index (χ2v) is 3.94. The van der Waals surface area contributed by atoms with Crippen LogP contribution in [-0.4, -0.2) is 24.3 Å². The first-order valence-corrected chi connectivity index (χ1v) is 5.40. The fraction of sp³-hybridized carbons (Fsp3) is 0.333. The van der Waals surface area contributed by atoms with E-state index in [4.69, 9.17) is 4.74 Å². The number of hydrogen-bond donors (Lipinski definition) is 2. The van der Waals surface area contributed by atoms with Crippen LogP contribution >= 0.6 is 0 Å². The maximum absolute atomic E-state index is 11.3. The molecule has 1 aromatic rings.